The largest absolute Gasteiger partial charge is 0.312 e. The Kier molecular flexibility index (Phi) is 3.38. The van der Waals surface area contributed by atoms with Gasteiger partial charge in [0.25, 0.3) is 6.43 Å². The van der Waals surface area contributed by atoms with E-state index < -0.39 is 12.5 Å². The van der Waals surface area contributed by atoms with E-state index in [1.165, 1.54) is 0 Å². The average Bonchev–Trinajstić information content (AvgIpc) is 2.63. The van der Waals surface area contributed by atoms with Crippen LogP contribution in [0.3, 0.4) is 0 Å². The standard InChI is InChI=1S/C12H15F2N3/c1-15-10(12(13)14)7-9-8-5-3-4-6-11(8)17(2)16-9/h3-6,10,12,15H,7H2,1-2H3. The van der Waals surface area contributed by atoms with Crippen LogP contribution < -0.4 is 5.32 Å². The Morgan fingerprint density at radius 3 is 2.71 bits per heavy atom. The van der Waals surface area contributed by atoms with E-state index in [2.05, 4.69) is 10.4 Å². The number of likely N-dealkylation sites (N-methyl/N-ethyl adjacent to an activating group) is 1. The highest BCUT2D eigenvalue weighted by Crippen LogP contribution is 2.19. The van der Waals surface area contributed by atoms with Crippen molar-refractivity contribution in [1.29, 1.82) is 0 Å². The van der Waals surface area contributed by atoms with Gasteiger partial charge in [-0.1, -0.05) is 18.2 Å². The first kappa shape index (κ1) is 12.0. The molecule has 0 radical (unpaired) electrons. The number of nitrogens with one attached hydrogen (secondary N) is 1. The van der Waals surface area contributed by atoms with Crippen LogP contribution in [0.4, 0.5) is 8.78 Å². The SMILES string of the molecule is CNC(Cc1nn(C)c2ccccc12)C(F)F. The topological polar surface area (TPSA) is 29.9 Å². The smallest absolute Gasteiger partial charge is 0.254 e. The highest BCUT2D eigenvalue weighted by molar-refractivity contribution is 5.81. The Morgan fingerprint density at radius 2 is 2.06 bits per heavy atom. The third kappa shape index (κ3) is 2.29. The molecule has 0 aliphatic heterocycles. The zero-order valence-corrected chi connectivity index (χ0v) is 9.82. The maximum atomic E-state index is 12.7. The molecule has 3 nitrogen and oxygen atoms in total. The zero-order valence-electron chi connectivity index (χ0n) is 9.82. The molecule has 0 bridgehead atoms. The Bertz CT molecular complexity index is 507. The molecule has 1 aromatic heterocycles. The molecular weight excluding hydrogens is 224 g/mol. The van der Waals surface area contributed by atoms with Crippen LogP contribution in [0.5, 0.6) is 0 Å². The third-order valence-electron chi connectivity index (χ3n) is 2.92. The van der Waals surface area contributed by atoms with E-state index in [1.807, 2.05) is 31.3 Å². The number of nitrogens with zero attached hydrogens (tertiary/aromatic N) is 2. The van der Waals surface area contributed by atoms with Gasteiger partial charge in [-0.15, -0.1) is 0 Å². The van der Waals surface area contributed by atoms with Crippen molar-refractivity contribution in [3.05, 3.63) is 30.0 Å². The number of aromatic nitrogens is 2. The fraction of sp³-hybridized carbons (Fsp3) is 0.417. The lowest BCUT2D eigenvalue weighted by Gasteiger charge is -2.13. The minimum atomic E-state index is -2.39. The molecule has 1 N–H and O–H groups in total. The zero-order chi connectivity index (χ0) is 12.4. The maximum absolute atomic E-state index is 12.7. The lowest BCUT2D eigenvalue weighted by atomic mass is 10.1. The van der Waals surface area contributed by atoms with Crippen LogP contribution in [-0.2, 0) is 13.5 Å². The van der Waals surface area contributed by atoms with E-state index in [-0.39, 0.29) is 6.42 Å². The molecule has 2 aromatic rings. The fourth-order valence-corrected chi connectivity index (χ4v) is 1.96. The molecule has 0 spiro atoms. The Morgan fingerprint density at radius 1 is 1.35 bits per heavy atom. The van der Waals surface area contributed by atoms with Crippen molar-refractivity contribution in [1.82, 2.24) is 15.1 Å². The van der Waals surface area contributed by atoms with Crippen LogP contribution in [-0.4, -0.2) is 29.3 Å². The van der Waals surface area contributed by atoms with Gasteiger partial charge < -0.3 is 5.32 Å². The predicted octanol–water partition coefficient (Wildman–Crippen LogP) is 1.97. The predicted molar refractivity (Wildman–Crippen MR) is 63.3 cm³/mol. The van der Waals surface area contributed by atoms with Crippen LogP contribution >= 0.6 is 0 Å². The highest BCUT2D eigenvalue weighted by Gasteiger charge is 2.21. The van der Waals surface area contributed by atoms with E-state index in [1.54, 1.807) is 11.7 Å². The number of rotatable bonds is 4. The van der Waals surface area contributed by atoms with Crippen molar-refractivity contribution >= 4 is 10.9 Å². The number of hydrogen-bond acceptors (Lipinski definition) is 2. The molecule has 0 amide bonds. The molecule has 2 rings (SSSR count). The third-order valence-corrected chi connectivity index (χ3v) is 2.92. The molecule has 1 heterocycles. The van der Waals surface area contributed by atoms with E-state index in [0.29, 0.717) is 5.69 Å². The molecule has 1 unspecified atom stereocenters. The van der Waals surface area contributed by atoms with Crippen LogP contribution in [0, 0.1) is 0 Å². The van der Waals surface area contributed by atoms with Gasteiger partial charge in [-0.25, -0.2) is 8.78 Å². The summed E-state index contributed by atoms with van der Waals surface area (Å²) < 4.78 is 27.1. The minimum absolute atomic E-state index is 0.232. The van der Waals surface area contributed by atoms with Crippen molar-refractivity contribution in [2.24, 2.45) is 7.05 Å². The second-order valence-electron chi connectivity index (χ2n) is 4.02. The van der Waals surface area contributed by atoms with Crippen molar-refractivity contribution in [3.8, 4) is 0 Å². The minimum Gasteiger partial charge on any atom is -0.312 e. The molecule has 0 saturated carbocycles. The normalized spacial score (nSPS) is 13.5. The van der Waals surface area contributed by atoms with Crippen LogP contribution in [0.2, 0.25) is 0 Å². The molecule has 1 atom stereocenters. The summed E-state index contributed by atoms with van der Waals surface area (Å²) in [4.78, 5) is 0. The number of benzene rings is 1. The van der Waals surface area contributed by atoms with Gasteiger partial charge in [-0.3, -0.25) is 4.68 Å². The van der Waals surface area contributed by atoms with Gasteiger partial charge in [-0.05, 0) is 13.1 Å². The van der Waals surface area contributed by atoms with Crippen LogP contribution in [0.15, 0.2) is 24.3 Å². The van der Waals surface area contributed by atoms with E-state index >= 15 is 0 Å². The number of hydrogen-bond donors (Lipinski definition) is 1. The summed E-state index contributed by atoms with van der Waals surface area (Å²) in [7, 11) is 3.37. The summed E-state index contributed by atoms with van der Waals surface area (Å²) in [5.41, 5.74) is 1.68. The Balaban J connectivity index is 2.36. The molecule has 0 saturated heterocycles. The second kappa shape index (κ2) is 4.79. The summed E-state index contributed by atoms with van der Waals surface area (Å²) in [6.45, 7) is 0. The molecule has 0 aliphatic rings. The second-order valence-corrected chi connectivity index (χ2v) is 4.02. The summed E-state index contributed by atoms with van der Waals surface area (Å²) in [6, 6.07) is 6.80. The van der Waals surface area contributed by atoms with Gasteiger partial charge in [-0.2, -0.15) is 5.10 Å². The average molecular weight is 239 g/mol. The van der Waals surface area contributed by atoms with E-state index in [0.717, 1.165) is 10.9 Å². The highest BCUT2D eigenvalue weighted by atomic mass is 19.3. The first-order valence-corrected chi connectivity index (χ1v) is 5.49. The lowest BCUT2D eigenvalue weighted by Crippen LogP contribution is -2.34. The van der Waals surface area contributed by atoms with Gasteiger partial charge in [0.15, 0.2) is 0 Å². The van der Waals surface area contributed by atoms with Gasteiger partial charge in [0.1, 0.15) is 0 Å². The molecule has 17 heavy (non-hydrogen) atoms. The maximum Gasteiger partial charge on any atom is 0.254 e. The lowest BCUT2D eigenvalue weighted by molar-refractivity contribution is 0.102. The van der Waals surface area contributed by atoms with Crippen LogP contribution in [0.25, 0.3) is 10.9 Å². The monoisotopic (exact) mass is 239 g/mol. The molecule has 0 fully saturated rings. The first-order valence-electron chi connectivity index (χ1n) is 5.49. The number of para-hydroxylation sites is 1. The van der Waals surface area contributed by atoms with Gasteiger partial charge in [0.05, 0.1) is 17.3 Å². The first-order chi connectivity index (χ1) is 8.13. The molecule has 5 heteroatoms. The van der Waals surface area contributed by atoms with E-state index in [4.69, 9.17) is 0 Å². The summed E-state index contributed by atoms with van der Waals surface area (Å²) in [5, 5.41) is 7.87. The number of fused-ring (bicyclic) bond motifs is 1. The summed E-state index contributed by atoms with van der Waals surface area (Å²) >= 11 is 0. The van der Waals surface area contributed by atoms with Crippen molar-refractivity contribution in [3.63, 3.8) is 0 Å². The fourth-order valence-electron chi connectivity index (χ4n) is 1.96. The summed E-state index contributed by atoms with van der Waals surface area (Å²) in [5.74, 6) is 0. The van der Waals surface area contributed by atoms with E-state index in [9.17, 15) is 8.78 Å². The Labute approximate surface area is 98.4 Å². The van der Waals surface area contributed by atoms with Crippen molar-refractivity contribution in [2.75, 3.05) is 7.05 Å². The number of halogens is 2. The molecule has 0 aliphatic carbocycles. The van der Waals surface area contributed by atoms with Gasteiger partial charge in [0.2, 0.25) is 0 Å². The van der Waals surface area contributed by atoms with Crippen molar-refractivity contribution in [2.45, 2.75) is 18.9 Å². The number of alkyl halides is 2. The Hall–Kier alpha value is -1.49. The van der Waals surface area contributed by atoms with Crippen LogP contribution in [0.1, 0.15) is 5.69 Å². The van der Waals surface area contributed by atoms with Gasteiger partial charge >= 0.3 is 0 Å². The molecular formula is C12H15F2N3. The summed E-state index contributed by atoms with van der Waals surface area (Å²) in [6.07, 6.45) is -2.16. The number of aryl methyl sites for hydroxylation is 1. The quantitative estimate of drug-likeness (QED) is 0.884. The molecule has 92 valence electrons. The molecule has 1 aromatic carbocycles. The van der Waals surface area contributed by atoms with Crippen molar-refractivity contribution < 1.29 is 8.78 Å². The van der Waals surface area contributed by atoms with Gasteiger partial charge in [0, 0.05) is 18.9 Å².